The van der Waals surface area contributed by atoms with Crippen LogP contribution in [0.25, 0.3) is 0 Å². The number of ether oxygens (including phenoxy) is 2. The first-order valence-electron chi connectivity index (χ1n) is 19.5. The minimum atomic E-state index is -1.28. The summed E-state index contributed by atoms with van der Waals surface area (Å²) in [6.07, 6.45) is 5.59. The van der Waals surface area contributed by atoms with Crippen LogP contribution in [0.4, 0.5) is 8.78 Å². The van der Waals surface area contributed by atoms with Crippen molar-refractivity contribution >= 4 is 0 Å². The zero-order valence-corrected chi connectivity index (χ0v) is 30.6. The van der Waals surface area contributed by atoms with Gasteiger partial charge >= 0.3 is 0 Å². The van der Waals surface area contributed by atoms with E-state index in [0.717, 1.165) is 90.1 Å². The summed E-state index contributed by atoms with van der Waals surface area (Å²) in [4.78, 5) is 11.0. The van der Waals surface area contributed by atoms with Crippen LogP contribution in [0.1, 0.15) is 77.0 Å². The van der Waals surface area contributed by atoms with Gasteiger partial charge < -0.3 is 50.3 Å². The van der Waals surface area contributed by atoms with Gasteiger partial charge in [-0.05, 0) is 63.0 Å². The van der Waals surface area contributed by atoms with Crippen LogP contribution >= 0.6 is 0 Å². The molecule has 0 spiro atoms. The first-order chi connectivity index (χ1) is 26.0. The van der Waals surface area contributed by atoms with E-state index in [9.17, 15) is 49.6 Å². The minimum Gasteiger partial charge on any atom is -0.489 e. The number of rotatable bonds is 20. The third kappa shape index (κ3) is 10.8. The summed E-state index contributed by atoms with van der Waals surface area (Å²) in [6.45, 7) is 2.43. The van der Waals surface area contributed by atoms with Crippen molar-refractivity contribution in [3.8, 4) is 11.5 Å². The maximum atomic E-state index is 13.3. The fraction of sp³-hybridized carbons (Fsp3) is 0.737. The number of hydrogen-bond acceptors (Lipinski definition) is 14. The topological polar surface area (TPSA) is 212 Å². The molecule has 2 saturated carbocycles. The second-order valence-electron chi connectivity index (χ2n) is 14.9. The van der Waals surface area contributed by atoms with Gasteiger partial charge in [0.15, 0.2) is 11.5 Å². The van der Waals surface area contributed by atoms with Gasteiger partial charge in [-0.2, -0.15) is 8.78 Å². The number of pyridine rings is 2. The van der Waals surface area contributed by atoms with E-state index < -0.39 is 60.7 Å². The Morgan fingerprint density at radius 3 is 1.06 bits per heavy atom. The molecule has 4 aliphatic rings. The van der Waals surface area contributed by atoms with Crippen molar-refractivity contribution in [1.82, 2.24) is 19.8 Å². The highest BCUT2D eigenvalue weighted by molar-refractivity contribution is 5.20. The summed E-state index contributed by atoms with van der Waals surface area (Å²) in [5, 5.41) is 78.7. The maximum Gasteiger partial charge on any atom is 0.255 e. The summed E-state index contributed by atoms with van der Waals surface area (Å²) in [7, 11) is 0. The Hall–Kier alpha value is -2.64. The molecule has 0 bridgehead atoms. The van der Waals surface area contributed by atoms with Crippen LogP contribution in [0, 0.1) is 11.9 Å². The van der Waals surface area contributed by atoms with E-state index in [-0.39, 0.29) is 35.7 Å². The smallest absolute Gasteiger partial charge is 0.255 e. The van der Waals surface area contributed by atoms with Crippen LogP contribution in [0.3, 0.4) is 0 Å². The van der Waals surface area contributed by atoms with Crippen molar-refractivity contribution in [1.29, 1.82) is 0 Å². The van der Waals surface area contributed by atoms with Gasteiger partial charge in [0.25, 0.3) is 11.9 Å². The molecule has 2 aromatic rings. The SMILES string of the molecule is O[C@@H]1[C@@H](O)[C@H](O)[C@H]2[C@@H]([C@H]1O)N2CCCCCCCCOc1cccnc1F.O[C@H]1[C@H](O)[C@@H](O)[C@H]2[C@@H]([C@@H]1O)N2CCCCCCCCOc1cccnc1F. The summed E-state index contributed by atoms with van der Waals surface area (Å²) < 4.78 is 37.3. The van der Waals surface area contributed by atoms with E-state index in [0.29, 0.717) is 13.2 Å². The molecule has 2 aliphatic heterocycles. The van der Waals surface area contributed by atoms with Crippen LogP contribution in [0.2, 0.25) is 0 Å². The summed E-state index contributed by atoms with van der Waals surface area (Å²) in [6, 6.07) is 5.44. The Labute approximate surface area is 315 Å². The molecular weight excluding hydrogens is 710 g/mol. The zero-order valence-electron chi connectivity index (χ0n) is 30.6. The monoisotopic (exact) mass is 768 g/mol. The lowest BCUT2D eigenvalue weighted by atomic mass is 9.90. The van der Waals surface area contributed by atoms with Gasteiger partial charge in [0.2, 0.25) is 0 Å². The highest BCUT2D eigenvalue weighted by Crippen LogP contribution is 2.42. The van der Waals surface area contributed by atoms with Crippen LogP contribution in [-0.4, -0.2) is 160 Å². The zero-order chi connectivity index (χ0) is 38.8. The molecule has 4 fully saturated rings. The van der Waals surface area contributed by atoms with Crippen molar-refractivity contribution in [3.63, 3.8) is 0 Å². The molecule has 14 nitrogen and oxygen atoms in total. The van der Waals surface area contributed by atoms with E-state index >= 15 is 0 Å². The van der Waals surface area contributed by atoms with Gasteiger partial charge in [-0.25, -0.2) is 9.97 Å². The van der Waals surface area contributed by atoms with Crippen molar-refractivity contribution in [3.05, 3.63) is 48.6 Å². The number of likely N-dealkylation sites (tertiary alicyclic amines) is 2. The van der Waals surface area contributed by atoms with E-state index in [1.807, 2.05) is 9.80 Å². The number of hydrogen-bond donors (Lipinski definition) is 8. The molecule has 16 heteroatoms. The van der Waals surface area contributed by atoms with E-state index in [2.05, 4.69) is 9.97 Å². The quantitative estimate of drug-likeness (QED) is 0.0535. The van der Waals surface area contributed by atoms with E-state index in [1.54, 1.807) is 24.3 Å². The highest BCUT2D eigenvalue weighted by atomic mass is 19.1. The number of aliphatic hydroxyl groups is 8. The molecule has 0 aromatic carbocycles. The molecule has 14 atom stereocenters. The Morgan fingerprint density at radius 1 is 0.444 bits per heavy atom. The number of nitrogens with zero attached hydrogens (tertiary/aromatic N) is 4. The minimum absolute atomic E-state index is 0.192. The molecule has 2 unspecified atom stereocenters. The Morgan fingerprint density at radius 2 is 0.741 bits per heavy atom. The molecule has 6 rings (SSSR count). The Balaban J connectivity index is 0.000000208. The highest BCUT2D eigenvalue weighted by Gasteiger charge is 2.64. The number of aliphatic hydroxyl groups excluding tert-OH is 8. The lowest BCUT2D eigenvalue weighted by Crippen LogP contribution is -2.53. The predicted octanol–water partition coefficient (Wildman–Crippen LogP) is 0.900. The maximum absolute atomic E-state index is 13.3. The average molecular weight is 769 g/mol. The van der Waals surface area contributed by atoms with Crippen molar-refractivity contribution in [2.45, 2.75) is 150 Å². The second kappa shape index (κ2) is 20.5. The summed E-state index contributed by atoms with van der Waals surface area (Å²) in [5.74, 6) is -0.777. The third-order valence-corrected chi connectivity index (χ3v) is 11.1. The van der Waals surface area contributed by atoms with Crippen molar-refractivity contribution in [2.24, 2.45) is 0 Å². The third-order valence-electron chi connectivity index (χ3n) is 11.1. The van der Waals surface area contributed by atoms with Gasteiger partial charge in [0.1, 0.15) is 24.4 Å². The number of fused-ring (bicyclic) bond motifs is 2. The van der Waals surface area contributed by atoms with Gasteiger partial charge in [0, 0.05) is 12.4 Å². The number of halogens is 2. The Kier molecular flexibility index (Phi) is 16.1. The predicted molar refractivity (Wildman–Crippen MR) is 191 cm³/mol. The lowest BCUT2D eigenvalue weighted by molar-refractivity contribution is -0.121. The van der Waals surface area contributed by atoms with Crippen LogP contribution < -0.4 is 9.47 Å². The first kappa shape index (κ1) is 42.5. The normalized spacial score (nSPS) is 34.9. The largest absolute Gasteiger partial charge is 0.489 e. The average Bonchev–Trinajstić information content (AvgIpc) is 4.09. The first-order valence-corrected chi connectivity index (χ1v) is 19.5. The van der Waals surface area contributed by atoms with Crippen molar-refractivity contribution in [2.75, 3.05) is 26.3 Å². The van der Waals surface area contributed by atoms with Gasteiger partial charge in [-0.15, -0.1) is 0 Å². The van der Waals surface area contributed by atoms with Crippen LogP contribution in [0.5, 0.6) is 11.5 Å². The van der Waals surface area contributed by atoms with E-state index in [1.165, 1.54) is 12.4 Å². The fourth-order valence-corrected chi connectivity index (χ4v) is 7.97. The van der Waals surface area contributed by atoms with Gasteiger partial charge in [-0.1, -0.05) is 51.4 Å². The molecule has 54 heavy (non-hydrogen) atoms. The molecular formula is C38H58F2N4O10. The fourth-order valence-electron chi connectivity index (χ4n) is 7.97. The molecule has 2 aliphatic carbocycles. The van der Waals surface area contributed by atoms with Crippen LogP contribution in [-0.2, 0) is 0 Å². The number of aromatic nitrogens is 2. The molecule has 0 amide bonds. The number of unbranched alkanes of at least 4 members (excludes halogenated alkanes) is 10. The van der Waals surface area contributed by atoms with Crippen molar-refractivity contribution < 1.29 is 59.1 Å². The molecule has 2 saturated heterocycles. The second-order valence-corrected chi connectivity index (χ2v) is 14.9. The molecule has 0 radical (unpaired) electrons. The lowest BCUT2D eigenvalue weighted by Gasteiger charge is -2.30. The summed E-state index contributed by atoms with van der Waals surface area (Å²) in [5.41, 5.74) is 0. The molecule has 304 valence electrons. The van der Waals surface area contributed by atoms with Gasteiger partial charge in [0.05, 0.1) is 61.8 Å². The summed E-state index contributed by atoms with van der Waals surface area (Å²) >= 11 is 0. The molecule has 4 heterocycles. The molecule has 2 aromatic heterocycles. The van der Waals surface area contributed by atoms with Crippen LogP contribution in [0.15, 0.2) is 36.7 Å². The van der Waals surface area contributed by atoms with E-state index in [4.69, 9.17) is 9.47 Å². The molecule has 8 N–H and O–H groups in total. The van der Waals surface area contributed by atoms with Gasteiger partial charge in [-0.3, -0.25) is 9.80 Å². The standard InChI is InChI=1S/2C19H29FN2O5/c2*20-19-12(8-7-9-21-19)27-11-6-4-2-1-3-5-10-22-13-14(22)16(24)18(26)17(25)15(13)23/h2*7-9,13-18,23-26H,1-6,10-11H2/t2*13-,14+,15-,16-,17+,18+,22?/m10/s1. The Bertz CT molecular complexity index is 1280.